The highest BCUT2D eigenvalue weighted by molar-refractivity contribution is 6.31. The Balaban J connectivity index is 1.91. The molecule has 2 amide bonds. The van der Waals surface area contributed by atoms with E-state index in [4.69, 9.17) is 16.3 Å². The molecule has 1 N–H and O–H groups in total. The Hall–Kier alpha value is -2.86. The molecule has 0 unspecified atom stereocenters. The van der Waals surface area contributed by atoms with Gasteiger partial charge >= 0.3 is 6.03 Å². The van der Waals surface area contributed by atoms with Gasteiger partial charge in [0.05, 0.1) is 18.2 Å². The van der Waals surface area contributed by atoms with E-state index in [0.717, 1.165) is 16.3 Å². The zero-order valence-corrected chi connectivity index (χ0v) is 16.6. The summed E-state index contributed by atoms with van der Waals surface area (Å²) >= 11 is 5.80. The van der Waals surface area contributed by atoms with E-state index in [1.807, 2.05) is 38.1 Å². The summed E-state index contributed by atoms with van der Waals surface area (Å²) in [6, 6.07) is 11.3. The number of ether oxygens (including phenoxy) is 1. The average Bonchev–Trinajstić information content (AvgIpc) is 2.70. The lowest BCUT2D eigenvalue weighted by Crippen LogP contribution is -2.37. The van der Waals surface area contributed by atoms with Crippen LogP contribution in [-0.2, 0) is 0 Å². The zero-order chi connectivity index (χ0) is 20.3. The van der Waals surface area contributed by atoms with E-state index >= 15 is 0 Å². The zero-order valence-electron chi connectivity index (χ0n) is 15.9. The standard InChI is InChI=1S/C21H21ClFN3O2/c1-4-26(21(27)25-14-9-10-19(23)18(22)11-14)13(2)17-12-24-20(28-3)16-8-6-5-7-15(16)17/h5-13H,4H2,1-3H3,(H,25,27)/t13-/m1/s1. The maximum absolute atomic E-state index is 13.3. The Labute approximate surface area is 168 Å². The topological polar surface area (TPSA) is 54.5 Å². The first kappa shape index (κ1) is 19.9. The lowest BCUT2D eigenvalue weighted by Gasteiger charge is -2.29. The molecule has 28 heavy (non-hydrogen) atoms. The van der Waals surface area contributed by atoms with Crippen LogP contribution in [0.5, 0.6) is 5.88 Å². The van der Waals surface area contributed by atoms with E-state index in [1.165, 1.54) is 18.2 Å². The van der Waals surface area contributed by atoms with Crippen molar-refractivity contribution in [3.05, 3.63) is 65.1 Å². The first-order valence-electron chi connectivity index (χ1n) is 8.90. The van der Waals surface area contributed by atoms with E-state index in [1.54, 1.807) is 18.2 Å². The maximum Gasteiger partial charge on any atom is 0.322 e. The van der Waals surface area contributed by atoms with Crippen LogP contribution in [0.3, 0.4) is 0 Å². The Kier molecular flexibility index (Phi) is 5.99. The summed E-state index contributed by atoms with van der Waals surface area (Å²) in [6.07, 6.45) is 1.73. The summed E-state index contributed by atoms with van der Waals surface area (Å²) in [6.45, 7) is 4.31. The van der Waals surface area contributed by atoms with E-state index in [2.05, 4.69) is 10.3 Å². The summed E-state index contributed by atoms with van der Waals surface area (Å²) in [4.78, 5) is 18.9. The van der Waals surface area contributed by atoms with Crippen LogP contribution < -0.4 is 10.1 Å². The number of pyridine rings is 1. The van der Waals surface area contributed by atoms with Crippen LogP contribution in [0.2, 0.25) is 5.02 Å². The van der Waals surface area contributed by atoms with Crippen LogP contribution >= 0.6 is 11.6 Å². The molecule has 0 spiro atoms. The molecule has 1 heterocycles. The Morgan fingerprint density at radius 1 is 1.29 bits per heavy atom. The fourth-order valence-electron chi connectivity index (χ4n) is 3.21. The monoisotopic (exact) mass is 401 g/mol. The molecule has 1 atom stereocenters. The summed E-state index contributed by atoms with van der Waals surface area (Å²) in [5.74, 6) is 0.0103. The van der Waals surface area contributed by atoms with Crippen molar-refractivity contribution in [2.75, 3.05) is 19.0 Å². The van der Waals surface area contributed by atoms with Crippen LogP contribution in [0.25, 0.3) is 10.8 Å². The van der Waals surface area contributed by atoms with Gasteiger partial charge in [-0.15, -0.1) is 0 Å². The Bertz CT molecular complexity index is 1010. The van der Waals surface area contributed by atoms with Crippen LogP contribution in [0, 0.1) is 5.82 Å². The lowest BCUT2D eigenvalue weighted by molar-refractivity contribution is 0.197. The van der Waals surface area contributed by atoms with Crippen molar-refractivity contribution in [3.63, 3.8) is 0 Å². The molecular weight excluding hydrogens is 381 g/mol. The minimum atomic E-state index is -0.531. The molecule has 0 saturated carbocycles. The van der Waals surface area contributed by atoms with Gasteiger partial charge in [0.2, 0.25) is 5.88 Å². The average molecular weight is 402 g/mol. The van der Waals surface area contributed by atoms with E-state index in [9.17, 15) is 9.18 Å². The number of methoxy groups -OCH3 is 1. The van der Waals surface area contributed by atoms with Crippen molar-refractivity contribution in [1.82, 2.24) is 9.88 Å². The third-order valence-corrected chi connectivity index (χ3v) is 4.96. The lowest BCUT2D eigenvalue weighted by atomic mass is 10.0. The van der Waals surface area contributed by atoms with Gasteiger partial charge in [0.1, 0.15) is 5.82 Å². The molecule has 0 radical (unpaired) electrons. The highest BCUT2D eigenvalue weighted by Gasteiger charge is 2.23. The first-order chi connectivity index (χ1) is 13.5. The van der Waals surface area contributed by atoms with Crippen molar-refractivity contribution in [1.29, 1.82) is 0 Å². The first-order valence-corrected chi connectivity index (χ1v) is 9.28. The van der Waals surface area contributed by atoms with Gasteiger partial charge in [-0.3, -0.25) is 0 Å². The number of amides is 2. The number of hydrogen-bond acceptors (Lipinski definition) is 3. The fourth-order valence-corrected chi connectivity index (χ4v) is 3.40. The Morgan fingerprint density at radius 2 is 2.00 bits per heavy atom. The highest BCUT2D eigenvalue weighted by atomic mass is 35.5. The van der Waals surface area contributed by atoms with Crippen LogP contribution in [0.4, 0.5) is 14.9 Å². The number of halogens is 2. The number of anilines is 1. The minimum absolute atomic E-state index is 0.0424. The molecule has 2 aromatic carbocycles. The number of carbonyl (C=O) groups is 1. The van der Waals surface area contributed by atoms with E-state index in [0.29, 0.717) is 18.1 Å². The quantitative estimate of drug-likeness (QED) is 0.601. The summed E-state index contributed by atoms with van der Waals surface area (Å²) in [5, 5.41) is 4.59. The van der Waals surface area contributed by atoms with Crippen molar-refractivity contribution in [2.45, 2.75) is 19.9 Å². The van der Waals surface area contributed by atoms with Crippen LogP contribution in [-0.4, -0.2) is 29.6 Å². The maximum atomic E-state index is 13.3. The van der Waals surface area contributed by atoms with Gasteiger partial charge < -0.3 is 15.0 Å². The normalized spacial score (nSPS) is 11.9. The third kappa shape index (κ3) is 3.87. The number of benzene rings is 2. The fraction of sp³-hybridized carbons (Fsp3) is 0.238. The molecule has 146 valence electrons. The molecule has 1 aromatic heterocycles. The van der Waals surface area contributed by atoms with Gasteiger partial charge in [0.15, 0.2) is 0 Å². The molecule has 5 nitrogen and oxygen atoms in total. The predicted octanol–water partition coefficient (Wildman–Crippen LogP) is 5.65. The van der Waals surface area contributed by atoms with Gasteiger partial charge in [-0.25, -0.2) is 14.2 Å². The van der Waals surface area contributed by atoms with Crippen molar-refractivity contribution in [2.24, 2.45) is 0 Å². The molecule has 3 rings (SSSR count). The number of rotatable bonds is 5. The van der Waals surface area contributed by atoms with Gasteiger partial charge in [-0.1, -0.05) is 29.8 Å². The number of hydrogen-bond donors (Lipinski definition) is 1. The number of fused-ring (bicyclic) bond motifs is 1. The van der Waals surface area contributed by atoms with Crippen LogP contribution in [0.15, 0.2) is 48.7 Å². The van der Waals surface area contributed by atoms with Gasteiger partial charge in [0.25, 0.3) is 0 Å². The second-order valence-electron chi connectivity index (χ2n) is 6.29. The summed E-state index contributed by atoms with van der Waals surface area (Å²) in [5.41, 5.74) is 1.34. The molecule has 0 fully saturated rings. The third-order valence-electron chi connectivity index (χ3n) is 4.67. The molecule has 0 aliphatic rings. The predicted molar refractivity (Wildman–Crippen MR) is 110 cm³/mol. The van der Waals surface area contributed by atoms with Gasteiger partial charge in [0, 0.05) is 29.4 Å². The van der Waals surface area contributed by atoms with Crippen molar-refractivity contribution < 1.29 is 13.9 Å². The van der Waals surface area contributed by atoms with Crippen LogP contribution in [0.1, 0.15) is 25.5 Å². The summed E-state index contributed by atoms with van der Waals surface area (Å²) < 4.78 is 18.7. The molecule has 0 aliphatic heterocycles. The SMILES string of the molecule is CCN(C(=O)Nc1ccc(F)c(Cl)c1)[C@H](C)c1cnc(OC)c2ccccc12. The van der Waals surface area contributed by atoms with Crippen molar-refractivity contribution in [3.8, 4) is 5.88 Å². The van der Waals surface area contributed by atoms with Gasteiger partial charge in [-0.05, 0) is 43.5 Å². The number of nitrogens with one attached hydrogen (secondary N) is 1. The number of aromatic nitrogens is 1. The molecule has 7 heteroatoms. The van der Waals surface area contributed by atoms with Crippen molar-refractivity contribution >= 4 is 34.1 Å². The minimum Gasteiger partial charge on any atom is -0.481 e. The number of urea groups is 1. The molecule has 0 bridgehead atoms. The van der Waals surface area contributed by atoms with E-state index in [-0.39, 0.29) is 17.1 Å². The number of nitrogens with zero attached hydrogens (tertiary/aromatic N) is 2. The molecule has 3 aromatic rings. The summed E-state index contributed by atoms with van der Waals surface area (Å²) in [7, 11) is 1.58. The largest absolute Gasteiger partial charge is 0.481 e. The number of carbonyl (C=O) groups excluding carboxylic acids is 1. The van der Waals surface area contributed by atoms with Gasteiger partial charge in [-0.2, -0.15) is 0 Å². The molecular formula is C21H21ClFN3O2. The smallest absolute Gasteiger partial charge is 0.322 e. The van der Waals surface area contributed by atoms with E-state index < -0.39 is 5.82 Å². The molecule has 0 saturated heterocycles. The second-order valence-corrected chi connectivity index (χ2v) is 6.70. The highest BCUT2D eigenvalue weighted by Crippen LogP contribution is 2.32. The Morgan fingerprint density at radius 3 is 2.64 bits per heavy atom. The molecule has 0 aliphatic carbocycles. The second kappa shape index (κ2) is 8.44.